The number of methoxy groups -OCH3 is 4. The van der Waals surface area contributed by atoms with Crippen LogP contribution < -0.4 is 18.9 Å². The summed E-state index contributed by atoms with van der Waals surface area (Å²) in [6.07, 6.45) is 2.53. The highest BCUT2D eigenvalue weighted by Gasteiger charge is 2.52. The summed E-state index contributed by atoms with van der Waals surface area (Å²) in [5, 5.41) is 0. The van der Waals surface area contributed by atoms with Crippen LogP contribution >= 0.6 is 0 Å². The molecule has 3 aliphatic heterocycles. The minimum atomic E-state index is -0.0319. The Hall–Kier alpha value is -2.97. The molecule has 0 spiro atoms. The number of rotatable bonds is 6. The van der Waals surface area contributed by atoms with E-state index in [2.05, 4.69) is 48.2 Å². The number of amides is 1. The third-order valence-corrected chi connectivity index (χ3v) is 7.71. The number of carbonyl (C=O) groups is 1. The van der Waals surface area contributed by atoms with E-state index in [0.717, 1.165) is 36.5 Å². The molecule has 8 heteroatoms. The first-order valence-corrected chi connectivity index (χ1v) is 11.6. The second kappa shape index (κ2) is 8.67. The van der Waals surface area contributed by atoms with E-state index in [9.17, 15) is 4.79 Å². The molecular formula is C26H33N3O5. The number of hydrogen-bond acceptors (Lipinski definition) is 7. The molecule has 2 aromatic rings. The summed E-state index contributed by atoms with van der Waals surface area (Å²) in [5.41, 5.74) is 4.85. The summed E-state index contributed by atoms with van der Waals surface area (Å²) < 4.78 is 22.5. The summed E-state index contributed by atoms with van der Waals surface area (Å²) in [6.45, 7) is 0.649. The van der Waals surface area contributed by atoms with E-state index in [1.54, 1.807) is 28.4 Å². The maximum atomic E-state index is 12.2. The Morgan fingerprint density at radius 1 is 0.824 bits per heavy atom. The smallest absolute Gasteiger partial charge is 0.211 e. The van der Waals surface area contributed by atoms with E-state index in [4.69, 9.17) is 18.9 Å². The van der Waals surface area contributed by atoms with Crippen molar-refractivity contribution in [1.82, 2.24) is 14.7 Å². The lowest BCUT2D eigenvalue weighted by Crippen LogP contribution is -2.51. The third kappa shape index (κ3) is 3.31. The van der Waals surface area contributed by atoms with Crippen LogP contribution in [0.5, 0.6) is 23.0 Å². The predicted octanol–water partition coefficient (Wildman–Crippen LogP) is 2.65. The van der Waals surface area contributed by atoms with Gasteiger partial charge in [0.2, 0.25) is 6.41 Å². The molecule has 0 saturated carbocycles. The van der Waals surface area contributed by atoms with Crippen molar-refractivity contribution in [2.45, 2.75) is 37.1 Å². The third-order valence-electron chi connectivity index (χ3n) is 7.71. The predicted molar refractivity (Wildman–Crippen MR) is 128 cm³/mol. The number of fused-ring (bicyclic) bond motifs is 3. The first kappa shape index (κ1) is 22.8. The van der Waals surface area contributed by atoms with Crippen molar-refractivity contribution in [2.24, 2.45) is 0 Å². The number of likely N-dealkylation sites (N-methyl/N-ethyl adjacent to an activating group) is 1. The van der Waals surface area contributed by atoms with Gasteiger partial charge in [-0.1, -0.05) is 0 Å². The molecule has 1 unspecified atom stereocenters. The van der Waals surface area contributed by atoms with Crippen molar-refractivity contribution >= 4 is 6.41 Å². The average Bonchev–Trinajstić information content (AvgIpc) is 3.14. The van der Waals surface area contributed by atoms with Crippen molar-refractivity contribution in [3.63, 3.8) is 0 Å². The first-order valence-electron chi connectivity index (χ1n) is 11.6. The molecule has 182 valence electrons. The molecule has 0 radical (unpaired) electrons. The summed E-state index contributed by atoms with van der Waals surface area (Å²) >= 11 is 0. The second-order valence-electron chi connectivity index (χ2n) is 9.44. The molecule has 3 heterocycles. The van der Waals surface area contributed by atoms with Crippen molar-refractivity contribution in [3.8, 4) is 23.0 Å². The Morgan fingerprint density at radius 2 is 1.35 bits per heavy atom. The van der Waals surface area contributed by atoms with Gasteiger partial charge in [0.1, 0.15) is 0 Å². The molecule has 0 aromatic heterocycles. The molecule has 1 amide bonds. The van der Waals surface area contributed by atoms with Gasteiger partial charge in [-0.15, -0.1) is 0 Å². The van der Waals surface area contributed by atoms with E-state index < -0.39 is 0 Å². The fourth-order valence-corrected chi connectivity index (χ4v) is 6.29. The molecule has 34 heavy (non-hydrogen) atoms. The Balaban J connectivity index is 1.72. The zero-order chi connectivity index (χ0) is 24.1. The van der Waals surface area contributed by atoms with Crippen LogP contribution in [0.1, 0.15) is 34.3 Å². The average molecular weight is 468 g/mol. The van der Waals surface area contributed by atoms with Gasteiger partial charge in [-0.2, -0.15) is 0 Å². The molecule has 3 aliphatic rings. The Bertz CT molecular complexity index is 1100. The molecule has 4 atom stereocenters. The molecule has 8 nitrogen and oxygen atoms in total. The topological polar surface area (TPSA) is 63.7 Å². The number of benzene rings is 2. The fourth-order valence-electron chi connectivity index (χ4n) is 6.29. The minimum Gasteiger partial charge on any atom is -0.493 e. The van der Waals surface area contributed by atoms with Crippen LogP contribution in [0.2, 0.25) is 0 Å². The highest BCUT2D eigenvalue weighted by atomic mass is 16.5. The second-order valence-corrected chi connectivity index (χ2v) is 9.44. The molecule has 0 aliphatic carbocycles. The van der Waals surface area contributed by atoms with E-state index in [1.165, 1.54) is 22.3 Å². The normalized spacial score (nSPS) is 25.2. The van der Waals surface area contributed by atoms with Crippen molar-refractivity contribution in [2.75, 3.05) is 49.1 Å². The number of carbonyl (C=O) groups excluding carboxylic acids is 1. The summed E-state index contributed by atoms with van der Waals surface area (Å²) in [6, 6.07) is 8.76. The first-order chi connectivity index (χ1) is 16.4. The van der Waals surface area contributed by atoms with Gasteiger partial charge in [-0.3, -0.25) is 9.69 Å². The van der Waals surface area contributed by atoms with Crippen LogP contribution in [0.25, 0.3) is 0 Å². The van der Waals surface area contributed by atoms with E-state index in [-0.39, 0.29) is 24.3 Å². The fraction of sp³-hybridized carbons (Fsp3) is 0.500. The molecule has 1 saturated heterocycles. The van der Waals surface area contributed by atoms with Gasteiger partial charge in [0, 0.05) is 19.0 Å². The van der Waals surface area contributed by atoms with Gasteiger partial charge in [0.25, 0.3) is 0 Å². The largest absolute Gasteiger partial charge is 0.493 e. The van der Waals surface area contributed by atoms with Crippen LogP contribution in [-0.4, -0.2) is 82.4 Å². The van der Waals surface area contributed by atoms with E-state index >= 15 is 0 Å². The zero-order valence-corrected chi connectivity index (χ0v) is 20.7. The highest BCUT2D eigenvalue weighted by molar-refractivity contribution is 5.56. The van der Waals surface area contributed by atoms with Crippen LogP contribution in [0.15, 0.2) is 24.3 Å². The van der Waals surface area contributed by atoms with Crippen LogP contribution in [0.3, 0.4) is 0 Å². The number of hydrogen-bond donors (Lipinski definition) is 0. The lowest BCUT2D eigenvalue weighted by Gasteiger charge is -2.45. The molecule has 5 rings (SSSR count). The summed E-state index contributed by atoms with van der Waals surface area (Å²) in [4.78, 5) is 19.0. The van der Waals surface area contributed by atoms with Crippen LogP contribution in [0.4, 0.5) is 0 Å². The molecule has 2 aromatic carbocycles. The van der Waals surface area contributed by atoms with Crippen molar-refractivity contribution in [1.29, 1.82) is 0 Å². The van der Waals surface area contributed by atoms with Crippen molar-refractivity contribution in [3.05, 3.63) is 46.5 Å². The maximum absolute atomic E-state index is 12.2. The summed E-state index contributed by atoms with van der Waals surface area (Å²) in [5.74, 6) is 2.89. The molecule has 1 fully saturated rings. The van der Waals surface area contributed by atoms with E-state index in [0.29, 0.717) is 12.3 Å². The highest BCUT2D eigenvalue weighted by Crippen LogP contribution is 2.51. The molecule has 0 bridgehead atoms. The van der Waals surface area contributed by atoms with Gasteiger partial charge in [-0.05, 0) is 67.0 Å². The molecule has 0 N–H and O–H groups in total. The Labute approximate surface area is 200 Å². The standard InChI is InChI=1S/C26H33N3O5/c1-27(2)26-18-12-24(34-6)22(32-4)9-16(18)10-25-28(14-30)13-20-17-11-23(33-5)21(31-3)8-15(17)7-19(26)29(20)25/h8-9,11-12,14,19-20,25-26H,7,10,13H2,1-6H3/t19-,20?,25-,26+/m0/s1. The number of nitrogens with zero attached hydrogens (tertiary/aromatic N) is 3. The lowest BCUT2D eigenvalue weighted by molar-refractivity contribution is -0.120. The molecular weight excluding hydrogens is 434 g/mol. The van der Waals surface area contributed by atoms with Crippen LogP contribution in [0, 0.1) is 0 Å². The van der Waals surface area contributed by atoms with Crippen LogP contribution in [-0.2, 0) is 17.6 Å². The SMILES string of the molecule is COc1cc2c(cc1OC)C1CN(C=O)[C@@H]3Cc4cc(OC)c(OC)cc4[C@@H](N(C)C)[C@H](C2)N13. The van der Waals surface area contributed by atoms with Gasteiger partial charge in [0.15, 0.2) is 23.0 Å². The minimum absolute atomic E-state index is 0.0319. The Morgan fingerprint density at radius 3 is 1.88 bits per heavy atom. The van der Waals surface area contributed by atoms with Gasteiger partial charge >= 0.3 is 0 Å². The Kier molecular flexibility index (Phi) is 5.81. The van der Waals surface area contributed by atoms with E-state index in [1.807, 2.05) is 4.90 Å². The lowest BCUT2D eigenvalue weighted by atomic mass is 9.83. The van der Waals surface area contributed by atoms with Gasteiger partial charge in [-0.25, -0.2) is 0 Å². The monoisotopic (exact) mass is 467 g/mol. The maximum Gasteiger partial charge on any atom is 0.211 e. The summed E-state index contributed by atoms with van der Waals surface area (Å²) in [7, 11) is 10.9. The number of ether oxygens (including phenoxy) is 4. The zero-order valence-electron chi connectivity index (χ0n) is 20.7. The quantitative estimate of drug-likeness (QED) is 0.606. The van der Waals surface area contributed by atoms with Gasteiger partial charge in [0.05, 0.1) is 46.7 Å². The van der Waals surface area contributed by atoms with Gasteiger partial charge < -0.3 is 28.7 Å². The van der Waals surface area contributed by atoms with Crippen molar-refractivity contribution < 1.29 is 23.7 Å².